The molecule has 0 amide bonds. The highest BCUT2D eigenvalue weighted by Gasteiger charge is 2.29. The Morgan fingerprint density at radius 2 is 1.88 bits per heavy atom. The zero-order chi connectivity index (χ0) is 16.8. The summed E-state index contributed by atoms with van der Waals surface area (Å²) in [4.78, 5) is 13.2. The normalized spacial score (nSPS) is 19.9. The molecule has 0 aliphatic carbocycles. The molecule has 0 saturated carbocycles. The van der Waals surface area contributed by atoms with Gasteiger partial charge < -0.3 is 10.6 Å². The number of amidine groups is 1. The fourth-order valence-electron chi connectivity index (χ4n) is 2.50. The first-order chi connectivity index (χ1) is 11.7. The van der Waals surface area contributed by atoms with Crippen LogP contribution >= 0.6 is 0 Å². The van der Waals surface area contributed by atoms with Gasteiger partial charge in [0.05, 0.1) is 0 Å². The minimum absolute atomic E-state index is 0.498. The summed E-state index contributed by atoms with van der Waals surface area (Å²) in [6.45, 7) is 2.14. The minimum atomic E-state index is -0.863. The van der Waals surface area contributed by atoms with Crippen LogP contribution < -0.4 is 16.4 Å². The molecule has 0 spiro atoms. The fourth-order valence-corrected chi connectivity index (χ4v) is 2.50. The number of benzene rings is 1. The van der Waals surface area contributed by atoms with Crippen molar-refractivity contribution >= 4 is 17.5 Å². The summed E-state index contributed by atoms with van der Waals surface area (Å²) < 4.78 is 0. The van der Waals surface area contributed by atoms with Gasteiger partial charge >= 0.3 is 0 Å². The van der Waals surface area contributed by atoms with E-state index in [1.165, 1.54) is 0 Å². The second-order valence-corrected chi connectivity index (χ2v) is 5.78. The van der Waals surface area contributed by atoms with Crippen LogP contribution in [-0.4, -0.2) is 22.6 Å². The van der Waals surface area contributed by atoms with E-state index in [4.69, 9.17) is 5.73 Å². The van der Waals surface area contributed by atoms with E-state index >= 15 is 0 Å². The standard InChI is InChI=1S/C18H22N6/c1-2-3-11-18(19)23-16(14-7-5-4-6-8-14)22-17(24-18)21-15-9-12-20-13-10-15/h4-10,12-13H,2-3,11,19H2,1H3,(H2,20,21,22,23,24). The molecular formula is C18H22N6. The number of anilines is 1. The van der Waals surface area contributed by atoms with Crippen LogP contribution in [0.2, 0.25) is 0 Å². The molecular weight excluding hydrogens is 300 g/mol. The molecule has 1 aliphatic rings. The second kappa shape index (κ2) is 7.23. The van der Waals surface area contributed by atoms with Crippen molar-refractivity contribution in [1.82, 2.24) is 10.3 Å². The van der Waals surface area contributed by atoms with E-state index < -0.39 is 5.79 Å². The van der Waals surface area contributed by atoms with Gasteiger partial charge in [-0.3, -0.25) is 10.7 Å². The first kappa shape index (κ1) is 16.1. The first-order valence-electron chi connectivity index (χ1n) is 8.16. The number of nitrogens with zero attached hydrogens (tertiary/aromatic N) is 3. The van der Waals surface area contributed by atoms with Crippen LogP contribution in [0.15, 0.2) is 64.8 Å². The number of guanidine groups is 1. The van der Waals surface area contributed by atoms with Crippen molar-refractivity contribution in [2.75, 3.05) is 5.32 Å². The average molecular weight is 322 g/mol. The number of unbranched alkanes of at least 4 members (excludes halogenated alkanes) is 1. The molecule has 1 unspecified atom stereocenters. The summed E-state index contributed by atoms with van der Waals surface area (Å²) in [5, 5.41) is 6.50. The van der Waals surface area contributed by atoms with Crippen LogP contribution in [-0.2, 0) is 0 Å². The molecule has 6 heteroatoms. The maximum atomic E-state index is 6.49. The molecule has 4 N–H and O–H groups in total. The van der Waals surface area contributed by atoms with Crippen molar-refractivity contribution in [1.29, 1.82) is 0 Å². The predicted molar refractivity (Wildman–Crippen MR) is 97.9 cm³/mol. The Labute approximate surface area is 141 Å². The molecule has 1 aromatic heterocycles. The van der Waals surface area contributed by atoms with Crippen molar-refractivity contribution in [3.05, 3.63) is 60.4 Å². The number of pyridine rings is 1. The molecule has 1 aliphatic heterocycles. The van der Waals surface area contributed by atoms with E-state index in [2.05, 4.69) is 32.5 Å². The number of rotatable bonds is 5. The van der Waals surface area contributed by atoms with Gasteiger partial charge in [0, 0.05) is 30.1 Å². The fraction of sp³-hybridized carbons (Fsp3) is 0.278. The lowest BCUT2D eigenvalue weighted by molar-refractivity contribution is 0.365. The van der Waals surface area contributed by atoms with Crippen LogP contribution in [0.3, 0.4) is 0 Å². The van der Waals surface area contributed by atoms with Gasteiger partial charge in [0.25, 0.3) is 0 Å². The average Bonchev–Trinajstić information content (AvgIpc) is 2.61. The van der Waals surface area contributed by atoms with Crippen LogP contribution in [0, 0.1) is 0 Å². The number of hydrogen-bond donors (Lipinski definition) is 3. The zero-order valence-electron chi connectivity index (χ0n) is 13.7. The third-order valence-corrected chi connectivity index (χ3v) is 3.75. The van der Waals surface area contributed by atoms with Crippen LogP contribution in [0.1, 0.15) is 31.7 Å². The van der Waals surface area contributed by atoms with Gasteiger partial charge in [-0.2, -0.15) is 4.99 Å². The lowest BCUT2D eigenvalue weighted by Gasteiger charge is -2.32. The van der Waals surface area contributed by atoms with Crippen LogP contribution in [0.4, 0.5) is 5.69 Å². The Morgan fingerprint density at radius 1 is 1.12 bits per heavy atom. The van der Waals surface area contributed by atoms with Crippen molar-refractivity contribution in [2.24, 2.45) is 15.7 Å². The van der Waals surface area contributed by atoms with Crippen LogP contribution in [0.25, 0.3) is 0 Å². The van der Waals surface area contributed by atoms with Gasteiger partial charge in [-0.1, -0.05) is 43.7 Å². The molecule has 0 fully saturated rings. The molecule has 124 valence electrons. The number of aliphatic imine (C=N–C) groups is 2. The predicted octanol–water partition coefficient (Wildman–Crippen LogP) is 2.70. The number of aromatic nitrogens is 1. The molecule has 0 bridgehead atoms. The minimum Gasteiger partial charge on any atom is -0.333 e. The highest BCUT2D eigenvalue weighted by molar-refractivity contribution is 6.10. The summed E-state index contributed by atoms with van der Waals surface area (Å²) in [5.74, 6) is 0.358. The Kier molecular flexibility index (Phi) is 4.86. The maximum Gasteiger partial charge on any atom is 0.228 e. The van der Waals surface area contributed by atoms with E-state index in [1.54, 1.807) is 12.4 Å². The largest absolute Gasteiger partial charge is 0.333 e. The van der Waals surface area contributed by atoms with E-state index in [9.17, 15) is 0 Å². The Morgan fingerprint density at radius 3 is 2.58 bits per heavy atom. The number of nitrogens with one attached hydrogen (secondary N) is 2. The Balaban J connectivity index is 1.91. The van der Waals surface area contributed by atoms with Crippen molar-refractivity contribution < 1.29 is 0 Å². The summed E-state index contributed by atoms with van der Waals surface area (Å²) in [7, 11) is 0. The summed E-state index contributed by atoms with van der Waals surface area (Å²) >= 11 is 0. The van der Waals surface area contributed by atoms with Gasteiger partial charge in [0.15, 0.2) is 5.79 Å². The number of nitrogens with two attached hydrogens (primary N) is 1. The Bertz CT molecular complexity index is 726. The van der Waals surface area contributed by atoms with E-state index in [0.29, 0.717) is 5.96 Å². The molecule has 0 radical (unpaired) electrons. The van der Waals surface area contributed by atoms with Crippen LogP contribution in [0.5, 0.6) is 0 Å². The highest BCUT2D eigenvalue weighted by atomic mass is 15.4. The van der Waals surface area contributed by atoms with Gasteiger partial charge in [-0.25, -0.2) is 4.99 Å². The molecule has 1 aromatic carbocycles. The maximum absolute atomic E-state index is 6.49. The Hall–Kier alpha value is -2.73. The van der Waals surface area contributed by atoms with E-state index in [1.807, 2.05) is 42.5 Å². The monoisotopic (exact) mass is 322 g/mol. The molecule has 6 nitrogen and oxygen atoms in total. The van der Waals surface area contributed by atoms with Crippen molar-refractivity contribution in [3.8, 4) is 0 Å². The topological polar surface area (TPSA) is 87.7 Å². The first-order valence-corrected chi connectivity index (χ1v) is 8.16. The van der Waals surface area contributed by atoms with Gasteiger partial charge in [0.2, 0.25) is 5.96 Å². The molecule has 2 heterocycles. The smallest absolute Gasteiger partial charge is 0.228 e. The van der Waals surface area contributed by atoms with Gasteiger partial charge in [-0.05, 0) is 18.6 Å². The molecule has 1 atom stereocenters. The summed E-state index contributed by atoms with van der Waals surface area (Å²) in [5.41, 5.74) is 8.34. The zero-order valence-corrected chi connectivity index (χ0v) is 13.7. The van der Waals surface area contributed by atoms with E-state index in [0.717, 1.165) is 36.3 Å². The van der Waals surface area contributed by atoms with Gasteiger partial charge in [0.1, 0.15) is 5.84 Å². The summed E-state index contributed by atoms with van der Waals surface area (Å²) in [6.07, 6.45) is 6.21. The SMILES string of the molecule is CCCCC1(N)N=C(Nc2ccncc2)N=C(c2ccccc2)N1. The number of hydrogen-bond acceptors (Lipinski definition) is 6. The quantitative estimate of drug-likeness (QED) is 0.790. The third kappa shape index (κ3) is 3.97. The molecule has 2 aromatic rings. The lowest BCUT2D eigenvalue weighted by Crippen LogP contribution is -2.57. The molecule has 24 heavy (non-hydrogen) atoms. The van der Waals surface area contributed by atoms with Gasteiger partial charge in [-0.15, -0.1) is 0 Å². The molecule has 3 rings (SSSR count). The van der Waals surface area contributed by atoms with E-state index in [-0.39, 0.29) is 0 Å². The second-order valence-electron chi connectivity index (χ2n) is 5.78. The van der Waals surface area contributed by atoms with Crippen molar-refractivity contribution in [3.63, 3.8) is 0 Å². The van der Waals surface area contributed by atoms with Crippen molar-refractivity contribution in [2.45, 2.75) is 32.0 Å². The third-order valence-electron chi connectivity index (χ3n) is 3.75. The summed E-state index contributed by atoms with van der Waals surface area (Å²) in [6, 6.07) is 13.7. The highest BCUT2D eigenvalue weighted by Crippen LogP contribution is 2.17. The lowest BCUT2D eigenvalue weighted by atomic mass is 10.1. The molecule has 0 saturated heterocycles.